The molecule has 1 aliphatic carbocycles. The lowest BCUT2D eigenvalue weighted by molar-refractivity contribution is -0.122. The van der Waals surface area contributed by atoms with Crippen LogP contribution in [0.1, 0.15) is 32.1 Å². The van der Waals surface area contributed by atoms with Gasteiger partial charge in [-0.3, -0.25) is 4.79 Å². The SMILES string of the molecule is NCC1CCCCC1.O=CO. The first kappa shape index (κ1) is 10.4. The number of carboxylic acid groups (broad SMARTS) is 1. The molecule has 1 rings (SSSR count). The van der Waals surface area contributed by atoms with Gasteiger partial charge in [-0.05, 0) is 25.3 Å². The number of carbonyl (C=O) groups is 1. The van der Waals surface area contributed by atoms with Crippen LogP contribution in [0.3, 0.4) is 0 Å². The van der Waals surface area contributed by atoms with Crippen LogP contribution >= 0.6 is 0 Å². The zero-order valence-corrected chi connectivity index (χ0v) is 6.83. The van der Waals surface area contributed by atoms with E-state index < -0.39 is 0 Å². The first-order valence-electron chi connectivity index (χ1n) is 4.13. The Bertz CT molecular complexity index is 90.1. The highest BCUT2D eigenvalue weighted by atomic mass is 16.3. The Labute approximate surface area is 67.6 Å². The van der Waals surface area contributed by atoms with E-state index in [2.05, 4.69) is 0 Å². The Morgan fingerprint density at radius 2 is 1.82 bits per heavy atom. The first-order valence-corrected chi connectivity index (χ1v) is 4.13. The van der Waals surface area contributed by atoms with Gasteiger partial charge in [0.1, 0.15) is 0 Å². The summed E-state index contributed by atoms with van der Waals surface area (Å²) in [5.74, 6) is 0.865. The maximum absolute atomic E-state index is 8.36. The second-order valence-electron chi connectivity index (χ2n) is 2.85. The third-order valence-corrected chi connectivity index (χ3v) is 2.06. The van der Waals surface area contributed by atoms with Crippen LogP contribution in [0.2, 0.25) is 0 Å². The predicted molar refractivity (Wildman–Crippen MR) is 44.3 cm³/mol. The minimum atomic E-state index is -0.250. The number of hydrogen-bond acceptors (Lipinski definition) is 2. The molecule has 11 heavy (non-hydrogen) atoms. The molecule has 3 heteroatoms. The van der Waals surface area contributed by atoms with Gasteiger partial charge in [-0.2, -0.15) is 0 Å². The van der Waals surface area contributed by atoms with Crippen molar-refractivity contribution in [2.24, 2.45) is 11.7 Å². The second-order valence-corrected chi connectivity index (χ2v) is 2.85. The summed E-state index contributed by atoms with van der Waals surface area (Å²) in [7, 11) is 0. The van der Waals surface area contributed by atoms with Gasteiger partial charge in [0.25, 0.3) is 6.47 Å². The van der Waals surface area contributed by atoms with Gasteiger partial charge in [-0.1, -0.05) is 19.3 Å². The minimum absolute atomic E-state index is 0.250. The molecule has 0 aromatic heterocycles. The normalized spacial score (nSPS) is 18.3. The molecular formula is C8H17NO2. The van der Waals surface area contributed by atoms with Crippen LogP contribution in [-0.2, 0) is 4.79 Å². The fraction of sp³-hybridized carbons (Fsp3) is 0.875. The number of rotatable bonds is 1. The lowest BCUT2D eigenvalue weighted by Gasteiger charge is -2.18. The second kappa shape index (κ2) is 7.54. The highest BCUT2D eigenvalue weighted by molar-refractivity contribution is 5.32. The van der Waals surface area contributed by atoms with Crippen molar-refractivity contribution < 1.29 is 9.90 Å². The van der Waals surface area contributed by atoms with Crippen molar-refractivity contribution in [1.82, 2.24) is 0 Å². The molecule has 0 amide bonds. The van der Waals surface area contributed by atoms with Gasteiger partial charge < -0.3 is 10.8 Å². The molecule has 0 saturated heterocycles. The molecule has 0 atom stereocenters. The summed E-state index contributed by atoms with van der Waals surface area (Å²) in [6.45, 7) is 0.667. The molecule has 0 bridgehead atoms. The molecule has 0 aromatic carbocycles. The molecule has 0 unspecified atom stereocenters. The molecule has 0 aliphatic heterocycles. The van der Waals surface area contributed by atoms with Crippen LogP contribution in [0.15, 0.2) is 0 Å². The van der Waals surface area contributed by atoms with Crippen molar-refractivity contribution in [3.8, 4) is 0 Å². The summed E-state index contributed by atoms with van der Waals surface area (Å²) in [4.78, 5) is 8.36. The van der Waals surface area contributed by atoms with E-state index in [1.54, 1.807) is 0 Å². The number of hydrogen-bond donors (Lipinski definition) is 2. The van der Waals surface area contributed by atoms with Crippen LogP contribution in [0, 0.1) is 5.92 Å². The van der Waals surface area contributed by atoms with E-state index in [-0.39, 0.29) is 6.47 Å². The molecule has 0 radical (unpaired) electrons. The molecular weight excluding hydrogens is 142 g/mol. The van der Waals surface area contributed by atoms with Crippen LogP contribution in [0.5, 0.6) is 0 Å². The Balaban J connectivity index is 0.000000292. The van der Waals surface area contributed by atoms with Crippen LogP contribution < -0.4 is 5.73 Å². The topological polar surface area (TPSA) is 63.3 Å². The summed E-state index contributed by atoms with van der Waals surface area (Å²) in [5, 5.41) is 6.89. The predicted octanol–water partition coefficient (Wildman–Crippen LogP) is 1.23. The van der Waals surface area contributed by atoms with Gasteiger partial charge in [-0.15, -0.1) is 0 Å². The molecule has 1 fully saturated rings. The quantitative estimate of drug-likeness (QED) is 0.565. The summed E-state index contributed by atoms with van der Waals surface area (Å²) in [5.41, 5.74) is 5.50. The van der Waals surface area contributed by atoms with Gasteiger partial charge in [0.2, 0.25) is 0 Å². The molecule has 3 nitrogen and oxygen atoms in total. The van der Waals surface area contributed by atoms with Gasteiger partial charge in [0, 0.05) is 0 Å². The van der Waals surface area contributed by atoms with Crippen LogP contribution in [0.25, 0.3) is 0 Å². The Kier molecular flexibility index (Phi) is 7.15. The summed E-state index contributed by atoms with van der Waals surface area (Å²) in [6, 6.07) is 0. The van der Waals surface area contributed by atoms with E-state index in [4.69, 9.17) is 15.6 Å². The van der Waals surface area contributed by atoms with E-state index in [0.29, 0.717) is 0 Å². The van der Waals surface area contributed by atoms with Crippen molar-refractivity contribution >= 4 is 6.47 Å². The van der Waals surface area contributed by atoms with Gasteiger partial charge in [0.15, 0.2) is 0 Å². The lowest BCUT2D eigenvalue weighted by atomic mass is 9.90. The zero-order valence-electron chi connectivity index (χ0n) is 6.83. The van der Waals surface area contributed by atoms with E-state index in [0.717, 1.165) is 12.5 Å². The van der Waals surface area contributed by atoms with Crippen LogP contribution in [-0.4, -0.2) is 18.1 Å². The highest BCUT2D eigenvalue weighted by Gasteiger charge is 2.09. The molecule has 0 heterocycles. The van der Waals surface area contributed by atoms with E-state index in [9.17, 15) is 0 Å². The van der Waals surface area contributed by atoms with Gasteiger partial charge in [0.05, 0.1) is 0 Å². The Morgan fingerprint density at radius 1 is 1.36 bits per heavy atom. The minimum Gasteiger partial charge on any atom is -0.483 e. The first-order chi connectivity index (χ1) is 5.35. The third-order valence-electron chi connectivity index (χ3n) is 2.06. The molecule has 0 spiro atoms. The monoisotopic (exact) mass is 159 g/mol. The summed E-state index contributed by atoms with van der Waals surface area (Å²) >= 11 is 0. The smallest absolute Gasteiger partial charge is 0.290 e. The average Bonchev–Trinajstić information content (AvgIpc) is 2.08. The van der Waals surface area contributed by atoms with E-state index >= 15 is 0 Å². The highest BCUT2D eigenvalue weighted by Crippen LogP contribution is 2.21. The fourth-order valence-electron chi connectivity index (χ4n) is 1.42. The molecule has 66 valence electrons. The molecule has 0 aromatic rings. The molecule has 1 aliphatic rings. The lowest BCUT2D eigenvalue weighted by Crippen LogP contribution is -2.16. The van der Waals surface area contributed by atoms with Gasteiger partial charge >= 0.3 is 0 Å². The van der Waals surface area contributed by atoms with E-state index in [1.165, 1.54) is 32.1 Å². The third kappa shape index (κ3) is 5.85. The van der Waals surface area contributed by atoms with Crippen molar-refractivity contribution in [3.05, 3.63) is 0 Å². The maximum Gasteiger partial charge on any atom is 0.290 e. The molecule has 3 N–H and O–H groups in total. The summed E-state index contributed by atoms with van der Waals surface area (Å²) in [6.07, 6.45) is 7.05. The molecule has 1 saturated carbocycles. The van der Waals surface area contributed by atoms with Gasteiger partial charge in [-0.25, -0.2) is 0 Å². The standard InChI is InChI=1S/C7H15N.CH2O2/c8-6-7-4-2-1-3-5-7;2-1-3/h7H,1-6,8H2;1H,(H,2,3). The van der Waals surface area contributed by atoms with E-state index in [1.807, 2.05) is 0 Å². The average molecular weight is 159 g/mol. The zero-order chi connectivity index (χ0) is 8.53. The largest absolute Gasteiger partial charge is 0.483 e. The Morgan fingerprint density at radius 3 is 2.09 bits per heavy atom. The maximum atomic E-state index is 8.36. The Hall–Kier alpha value is -0.570. The van der Waals surface area contributed by atoms with Crippen molar-refractivity contribution in [2.75, 3.05) is 6.54 Å². The van der Waals surface area contributed by atoms with Crippen molar-refractivity contribution in [3.63, 3.8) is 0 Å². The summed E-state index contributed by atoms with van der Waals surface area (Å²) < 4.78 is 0. The van der Waals surface area contributed by atoms with Crippen LogP contribution in [0.4, 0.5) is 0 Å². The van der Waals surface area contributed by atoms with Crippen molar-refractivity contribution in [2.45, 2.75) is 32.1 Å². The fourth-order valence-corrected chi connectivity index (χ4v) is 1.42. The number of nitrogens with two attached hydrogens (primary N) is 1. The van der Waals surface area contributed by atoms with Crippen molar-refractivity contribution in [1.29, 1.82) is 0 Å².